The van der Waals surface area contributed by atoms with Crippen LogP contribution >= 0.6 is 11.6 Å². The van der Waals surface area contributed by atoms with Crippen LogP contribution in [0, 0.1) is 5.92 Å². The van der Waals surface area contributed by atoms with Crippen LogP contribution < -0.4 is 0 Å². The van der Waals surface area contributed by atoms with E-state index in [-0.39, 0.29) is 17.9 Å². The average molecular weight is 438 g/mol. The van der Waals surface area contributed by atoms with Gasteiger partial charge in [-0.05, 0) is 52.4 Å². The first-order valence-corrected chi connectivity index (χ1v) is 11.3. The number of amides is 1. The lowest BCUT2D eigenvalue weighted by atomic mass is 9.76. The van der Waals surface area contributed by atoms with Crippen LogP contribution in [0.2, 0.25) is 5.02 Å². The highest BCUT2D eigenvalue weighted by Gasteiger charge is 2.39. The third kappa shape index (κ3) is 5.03. The highest BCUT2D eigenvalue weighted by Crippen LogP contribution is 2.38. The third-order valence-electron chi connectivity index (χ3n) is 6.23. The Morgan fingerprint density at radius 2 is 1.81 bits per heavy atom. The van der Waals surface area contributed by atoms with Crippen molar-refractivity contribution in [2.45, 2.75) is 38.4 Å². The molecule has 0 saturated carbocycles. The first-order chi connectivity index (χ1) is 15.0. The Kier molecular flexibility index (Phi) is 6.79. The lowest BCUT2D eigenvalue weighted by Crippen LogP contribution is -2.51. The number of rotatable bonds is 6. The fourth-order valence-electron chi connectivity index (χ4n) is 4.76. The van der Waals surface area contributed by atoms with Crippen molar-refractivity contribution in [3.8, 4) is 0 Å². The van der Waals surface area contributed by atoms with Gasteiger partial charge in [0.1, 0.15) is 0 Å². The number of likely N-dealkylation sites (tertiary alicyclic amines) is 1. The molecule has 1 fully saturated rings. The van der Waals surface area contributed by atoms with Crippen LogP contribution in [-0.2, 0) is 11.3 Å². The summed E-state index contributed by atoms with van der Waals surface area (Å²) in [7, 11) is 0. The van der Waals surface area contributed by atoms with Crippen LogP contribution in [0.1, 0.15) is 36.8 Å². The second kappa shape index (κ2) is 9.71. The van der Waals surface area contributed by atoms with Gasteiger partial charge in [0, 0.05) is 17.5 Å². The van der Waals surface area contributed by atoms with Crippen molar-refractivity contribution < 1.29 is 14.6 Å². The minimum Gasteiger partial charge on any atom is -0.465 e. The van der Waals surface area contributed by atoms with Gasteiger partial charge in [-0.25, -0.2) is 4.79 Å². The second-order valence-electron chi connectivity index (χ2n) is 8.34. The second-order valence-corrected chi connectivity index (χ2v) is 8.78. The molecule has 0 aromatic heterocycles. The van der Waals surface area contributed by atoms with Crippen molar-refractivity contribution in [3.05, 3.63) is 82.9 Å². The number of carboxylic acid groups (broad SMARTS) is 1. The lowest BCUT2D eigenvalue weighted by molar-refractivity contribution is -0.0409. The molecular formula is C26H28ClNO3. The van der Waals surface area contributed by atoms with Gasteiger partial charge >= 0.3 is 6.09 Å². The predicted octanol–water partition coefficient (Wildman–Crippen LogP) is 6.57. The smallest absolute Gasteiger partial charge is 0.407 e. The zero-order chi connectivity index (χ0) is 21.8. The molecule has 1 heterocycles. The van der Waals surface area contributed by atoms with Crippen molar-refractivity contribution in [2.75, 3.05) is 13.1 Å². The van der Waals surface area contributed by atoms with Crippen molar-refractivity contribution >= 4 is 28.5 Å². The van der Waals surface area contributed by atoms with Crippen molar-refractivity contribution in [1.82, 2.24) is 4.90 Å². The Bertz CT molecular complexity index is 1040. The molecule has 0 bridgehead atoms. The topological polar surface area (TPSA) is 49.8 Å². The summed E-state index contributed by atoms with van der Waals surface area (Å²) in [5.41, 5.74) is 2.25. The van der Waals surface area contributed by atoms with Crippen molar-refractivity contribution in [3.63, 3.8) is 0 Å². The molecule has 0 spiro atoms. The number of halogens is 1. The molecule has 0 aliphatic carbocycles. The molecule has 1 saturated heterocycles. The Balaban J connectivity index is 1.60. The number of carbonyl (C=O) groups is 1. The Morgan fingerprint density at radius 3 is 2.52 bits per heavy atom. The number of fused-ring (bicyclic) bond motifs is 1. The number of ether oxygens (including phenoxy) is 1. The number of hydrogen-bond donors (Lipinski definition) is 1. The van der Waals surface area contributed by atoms with Crippen LogP contribution in [0.4, 0.5) is 4.79 Å². The minimum atomic E-state index is -0.880. The van der Waals surface area contributed by atoms with Crippen LogP contribution in [0.3, 0.4) is 0 Å². The quantitative estimate of drug-likeness (QED) is 0.474. The molecule has 4 nitrogen and oxygen atoms in total. The Morgan fingerprint density at radius 1 is 1.06 bits per heavy atom. The van der Waals surface area contributed by atoms with E-state index in [4.69, 9.17) is 16.3 Å². The van der Waals surface area contributed by atoms with Gasteiger partial charge in [-0.3, -0.25) is 0 Å². The third-order valence-corrected chi connectivity index (χ3v) is 6.48. The molecule has 3 atom stereocenters. The van der Waals surface area contributed by atoms with Crippen molar-refractivity contribution in [2.24, 2.45) is 5.92 Å². The molecule has 162 valence electrons. The van der Waals surface area contributed by atoms with Gasteiger partial charge in [0.05, 0.1) is 19.3 Å². The molecule has 3 aromatic carbocycles. The van der Waals surface area contributed by atoms with Gasteiger partial charge in [-0.2, -0.15) is 0 Å². The van der Waals surface area contributed by atoms with Gasteiger partial charge in [0.15, 0.2) is 0 Å². The minimum absolute atomic E-state index is 0.133. The van der Waals surface area contributed by atoms with Gasteiger partial charge < -0.3 is 14.7 Å². The van der Waals surface area contributed by atoms with Gasteiger partial charge in [-0.1, -0.05) is 73.5 Å². The summed E-state index contributed by atoms with van der Waals surface area (Å²) in [5, 5.41) is 12.8. The SMILES string of the molecule is CCCC1CN(C(=O)O)CC(OCc2ccc3ccccc3c2)C1c1ccc(Cl)cc1. The fraction of sp³-hybridized carbons (Fsp3) is 0.346. The molecule has 1 N–H and O–H groups in total. The Labute approximate surface area is 188 Å². The Hall–Kier alpha value is -2.56. The molecule has 3 unspecified atom stereocenters. The van der Waals surface area contributed by atoms with Crippen LogP contribution in [-0.4, -0.2) is 35.3 Å². The molecule has 0 radical (unpaired) electrons. The summed E-state index contributed by atoms with van der Waals surface area (Å²) in [4.78, 5) is 13.3. The summed E-state index contributed by atoms with van der Waals surface area (Å²) in [6, 6.07) is 22.5. The normalized spacial score (nSPS) is 21.4. The number of piperidine rings is 1. The van der Waals surface area contributed by atoms with E-state index in [1.165, 1.54) is 15.7 Å². The number of benzene rings is 3. The van der Waals surface area contributed by atoms with Crippen LogP contribution in [0.15, 0.2) is 66.7 Å². The highest BCUT2D eigenvalue weighted by atomic mass is 35.5. The van der Waals surface area contributed by atoms with E-state index < -0.39 is 6.09 Å². The molecule has 4 rings (SSSR count). The lowest BCUT2D eigenvalue weighted by Gasteiger charge is -2.43. The molecule has 31 heavy (non-hydrogen) atoms. The van der Waals surface area contributed by atoms with Crippen LogP contribution in [0.25, 0.3) is 10.8 Å². The largest absolute Gasteiger partial charge is 0.465 e. The number of nitrogens with zero attached hydrogens (tertiary/aromatic N) is 1. The van der Waals surface area contributed by atoms with E-state index in [2.05, 4.69) is 49.4 Å². The average Bonchev–Trinajstić information content (AvgIpc) is 2.78. The fourth-order valence-corrected chi connectivity index (χ4v) is 4.89. The monoisotopic (exact) mass is 437 g/mol. The van der Waals surface area contributed by atoms with Gasteiger partial charge in [0.2, 0.25) is 0 Å². The van der Waals surface area contributed by atoms with E-state index in [9.17, 15) is 9.90 Å². The standard InChI is InChI=1S/C26H28ClNO3/c1-2-5-22-15-28(26(29)30)16-24(25(22)20-10-12-23(27)13-11-20)31-17-18-8-9-19-6-3-4-7-21(19)14-18/h3-4,6-14,22,24-25H,2,5,15-17H2,1H3,(H,29,30). The predicted molar refractivity (Wildman–Crippen MR) is 125 cm³/mol. The molecule has 1 aliphatic rings. The van der Waals surface area contributed by atoms with E-state index >= 15 is 0 Å². The molecule has 1 amide bonds. The summed E-state index contributed by atoms with van der Waals surface area (Å²) in [6.07, 6.45) is 0.857. The zero-order valence-corrected chi connectivity index (χ0v) is 18.5. The zero-order valence-electron chi connectivity index (χ0n) is 17.7. The molecule has 5 heteroatoms. The van der Waals surface area contributed by atoms with E-state index in [1.807, 2.05) is 24.3 Å². The maximum atomic E-state index is 11.8. The summed E-state index contributed by atoms with van der Waals surface area (Å²) >= 11 is 6.12. The van der Waals surface area contributed by atoms with Gasteiger partial charge in [0.25, 0.3) is 0 Å². The summed E-state index contributed by atoms with van der Waals surface area (Å²) < 4.78 is 6.43. The van der Waals surface area contributed by atoms with E-state index in [1.54, 1.807) is 0 Å². The maximum absolute atomic E-state index is 11.8. The van der Waals surface area contributed by atoms with E-state index in [0.29, 0.717) is 24.7 Å². The van der Waals surface area contributed by atoms with Crippen LogP contribution in [0.5, 0.6) is 0 Å². The van der Waals surface area contributed by atoms with E-state index in [0.717, 1.165) is 24.0 Å². The molecule has 3 aromatic rings. The highest BCUT2D eigenvalue weighted by molar-refractivity contribution is 6.30. The maximum Gasteiger partial charge on any atom is 0.407 e. The van der Waals surface area contributed by atoms with Gasteiger partial charge in [-0.15, -0.1) is 0 Å². The summed E-state index contributed by atoms with van der Waals surface area (Å²) in [5.74, 6) is 0.339. The first kappa shape index (κ1) is 21.7. The first-order valence-electron chi connectivity index (χ1n) is 10.9. The number of hydrogen-bond acceptors (Lipinski definition) is 2. The van der Waals surface area contributed by atoms with Crippen molar-refractivity contribution in [1.29, 1.82) is 0 Å². The molecule has 1 aliphatic heterocycles. The summed E-state index contributed by atoms with van der Waals surface area (Å²) in [6.45, 7) is 3.50. The molecular weight excluding hydrogens is 410 g/mol.